The number of fused-ring (bicyclic) bond motifs is 1. The minimum atomic E-state index is -0.920. The van der Waals surface area contributed by atoms with Gasteiger partial charge < -0.3 is 20.3 Å². The molecule has 1 aromatic rings. The van der Waals surface area contributed by atoms with Gasteiger partial charge in [-0.3, -0.25) is 4.79 Å². The number of benzene rings is 1. The maximum absolute atomic E-state index is 12.1. The van der Waals surface area contributed by atoms with Gasteiger partial charge in [0.1, 0.15) is 0 Å². The molecule has 1 heterocycles. The van der Waals surface area contributed by atoms with Crippen molar-refractivity contribution in [1.29, 1.82) is 0 Å². The quantitative estimate of drug-likeness (QED) is 0.647. The van der Waals surface area contributed by atoms with Gasteiger partial charge in [-0.15, -0.1) is 0 Å². The minimum Gasteiger partial charge on any atom is -0.423 e. The van der Waals surface area contributed by atoms with Crippen LogP contribution in [0.5, 0.6) is 0 Å². The van der Waals surface area contributed by atoms with Crippen LogP contribution in [0.15, 0.2) is 18.2 Å². The molecule has 19 heavy (non-hydrogen) atoms. The second-order valence-corrected chi connectivity index (χ2v) is 4.92. The molecular formula is C13H19BN2O3. The summed E-state index contributed by atoms with van der Waals surface area (Å²) in [6, 6.07) is 5.48. The van der Waals surface area contributed by atoms with Gasteiger partial charge in [-0.1, -0.05) is 6.07 Å². The fraction of sp³-hybridized carbons (Fsp3) is 0.462. The van der Waals surface area contributed by atoms with Gasteiger partial charge in [0.2, 0.25) is 0 Å². The van der Waals surface area contributed by atoms with Crippen LogP contribution in [0, 0.1) is 0 Å². The van der Waals surface area contributed by atoms with Gasteiger partial charge in [-0.05, 0) is 44.1 Å². The molecule has 0 spiro atoms. The van der Waals surface area contributed by atoms with Crippen LogP contribution < -0.4 is 16.1 Å². The van der Waals surface area contributed by atoms with Crippen molar-refractivity contribution in [1.82, 2.24) is 10.6 Å². The monoisotopic (exact) mass is 262 g/mol. The Balaban J connectivity index is 2.10. The minimum absolute atomic E-state index is 0.0203. The molecule has 6 heteroatoms. The molecule has 5 nitrogen and oxygen atoms in total. The molecule has 0 fully saturated rings. The van der Waals surface area contributed by atoms with Crippen molar-refractivity contribution in [2.75, 3.05) is 7.05 Å². The van der Waals surface area contributed by atoms with Gasteiger partial charge in [0, 0.05) is 17.6 Å². The highest BCUT2D eigenvalue weighted by atomic mass is 16.5. The Hall–Kier alpha value is -1.37. The van der Waals surface area contributed by atoms with Crippen molar-refractivity contribution in [2.45, 2.75) is 32.5 Å². The number of likely N-dealkylation sites (N-methyl/N-ethyl adjacent to an activating group) is 1. The molecule has 0 radical (unpaired) electrons. The summed E-state index contributed by atoms with van der Waals surface area (Å²) in [5, 5.41) is 15.7. The molecule has 1 aliphatic rings. The van der Waals surface area contributed by atoms with Crippen LogP contribution in [0.3, 0.4) is 0 Å². The van der Waals surface area contributed by atoms with E-state index in [1.54, 1.807) is 12.1 Å². The largest absolute Gasteiger partial charge is 0.491 e. The Kier molecular flexibility index (Phi) is 4.24. The first-order valence-electron chi connectivity index (χ1n) is 6.43. The normalized spacial score (nSPS) is 16.9. The zero-order chi connectivity index (χ0) is 14.0. The summed E-state index contributed by atoms with van der Waals surface area (Å²) in [5.74, 6) is -0.142. The second kappa shape index (κ2) is 5.73. The smallest absolute Gasteiger partial charge is 0.423 e. The van der Waals surface area contributed by atoms with Gasteiger partial charge in [-0.25, -0.2) is 0 Å². The van der Waals surface area contributed by atoms with Gasteiger partial charge in [-0.2, -0.15) is 0 Å². The molecule has 0 aliphatic carbocycles. The van der Waals surface area contributed by atoms with E-state index >= 15 is 0 Å². The Bertz CT molecular complexity index is 481. The van der Waals surface area contributed by atoms with Crippen molar-refractivity contribution in [2.24, 2.45) is 0 Å². The Labute approximate surface area is 113 Å². The molecule has 2 atom stereocenters. The van der Waals surface area contributed by atoms with E-state index in [9.17, 15) is 9.82 Å². The molecule has 0 saturated heterocycles. The van der Waals surface area contributed by atoms with E-state index in [2.05, 4.69) is 10.6 Å². The lowest BCUT2D eigenvalue weighted by Gasteiger charge is -2.20. The zero-order valence-corrected chi connectivity index (χ0v) is 11.4. The number of carbonyl (C=O) groups excluding carboxylic acids is 1. The molecule has 3 N–H and O–H groups in total. The van der Waals surface area contributed by atoms with Crippen molar-refractivity contribution >= 4 is 18.5 Å². The number of nitrogens with one attached hydrogen (secondary N) is 2. The van der Waals surface area contributed by atoms with Crippen molar-refractivity contribution < 1.29 is 14.5 Å². The first-order valence-corrected chi connectivity index (χ1v) is 6.43. The number of carbonyl (C=O) groups is 1. The lowest BCUT2D eigenvalue weighted by molar-refractivity contribution is 0.0933. The first-order chi connectivity index (χ1) is 9.02. The number of rotatable bonds is 4. The summed E-state index contributed by atoms with van der Waals surface area (Å²) < 4.78 is 5.11. The van der Waals surface area contributed by atoms with E-state index in [0.717, 1.165) is 5.56 Å². The molecule has 0 bridgehead atoms. The predicted molar refractivity (Wildman–Crippen MR) is 74.3 cm³/mol. The molecule has 0 aromatic heterocycles. The molecule has 2 rings (SSSR count). The lowest BCUT2D eigenvalue weighted by Crippen LogP contribution is -2.45. The van der Waals surface area contributed by atoms with Crippen molar-refractivity contribution in [3.63, 3.8) is 0 Å². The van der Waals surface area contributed by atoms with Crippen LogP contribution in [0.25, 0.3) is 0 Å². The number of amides is 1. The molecule has 1 aromatic carbocycles. The zero-order valence-electron chi connectivity index (χ0n) is 11.4. The Morgan fingerprint density at radius 2 is 2.16 bits per heavy atom. The van der Waals surface area contributed by atoms with Gasteiger partial charge in [0.05, 0.1) is 6.61 Å². The third-order valence-electron chi connectivity index (χ3n) is 3.63. The van der Waals surface area contributed by atoms with Gasteiger partial charge in [0.15, 0.2) is 0 Å². The van der Waals surface area contributed by atoms with E-state index < -0.39 is 7.12 Å². The topological polar surface area (TPSA) is 70.6 Å². The van der Waals surface area contributed by atoms with E-state index in [4.69, 9.17) is 4.65 Å². The molecule has 0 saturated carbocycles. The summed E-state index contributed by atoms with van der Waals surface area (Å²) in [6.45, 7) is 4.35. The maximum Gasteiger partial charge on any atom is 0.491 e. The first kappa shape index (κ1) is 14.1. The maximum atomic E-state index is 12.1. The van der Waals surface area contributed by atoms with Gasteiger partial charge >= 0.3 is 7.12 Å². The van der Waals surface area contributed by atoms with Crippen LogP contribution in [0.1, 0.15) is 29.8 Å². The Morgan fingerprint density at radius 3 is 2.84 bits per heavy atom. The van der Waals surface area contributed by atoms with Crippen molar-refractivity contribution in [3.8, 4) is 0 Å². The fourth-order valence-electron chi connectivity index (χ4n) is 2.02. The fourth-order valence-corrected chi connectivity index (χ4v) is 2.02. The summed E-state index contributed by atoms with van der Waals surface area (Å²) in [6.07, 6.45) is 0. The average molecular weight is 262 g/mol. The molecule has 102 valence electrons. The average Bonchev–Trinajstić information content (AvgIpc) is 2.78. The standard InChI is InChI=1S/C13H19BN2O3/c1-8(15-3)9(2)16-13(17)10-4-5-11-7-19-14(18)12(11)6-10/h4-6,8-9,15,18H,7H2,1-3H3,(H,16,17). The van der Waals surface area contributed by atoms with E-state index in [1.165, 1.54) is 0 Å². The molecule has 2 unspecified atom stereocenters. The lowest BCUT2D eigenvalue weighted by atomic mass is 9.79. The molecular weight excluding hydrogens is 243 g/mol. The molecule has 1 amide bonds. The molecule has 1 aliphatic heterocycles. The highest BCUT2D eigenvalue weighted by Crippen LogP contribution is 2.11. The highest BCUT2D eigenvalue weighted by molar-refractivity contribution is 6.61. The van der Waals surface area contributed by atoms with E-state index in [0.29, 0.717) is 17.6 Å². The van der Waals surface area contributed by atoms with Crippen LogP contribution in [0.4, 0.5) is 0 Å². The van der Waals surface area contributed by atoms with Crippen LogP contribution >= 0.6 is 0 Å². The summed E-state index contributed by atoms with van der Waals surface area (Å²) in [4.78, 5) is 12.1. The van der Waals surface area contributed by atoms with Crippen LogP contribution in [0.2, 0.25) is 0 Å². The summed E-state index contributed by atoms with van der Waals surface area (Å²) in [5.41, 5.74) is 2.15. The van der Waals surface area contributed by atoms with E-state index in [1.807, 2.05) is 27.0 Å². The highest BCUT2D eigenvalue weighted by Gasteiger charge is 2.28. The predicted octanol–water partition coefficient (Wildman–Crippen LogP) is -0.369. The second-order valence-electron chi connectivity index (χ2n) is 4.92. The summed E-state index contributed by atoms with van der Waals surface area (Å²) in [7, 11) is 0.938. The van der Waals surface area contributed by atoms with Gasteiger partial charge in [0.25, 0.3) is 5.91 Å². The third-order valence-corrected chi connectivity index (χ3v) is 3.63. The van der Waals surface area contributed by atoms with Crippen LogP contribution in [-0.2, 0) is 11.3 Å². The van der Waals surface area contributed by atoms with E-state index in [-0.39, 0.29) is 18.0 Å². The van der Waals surface area contributed by atoms with Crippen LogP contribution in [-0.4, -0.2) is 37.2 Å². The number of hydrogen-bond acceptors (Lipinski definition) is 4. The van der Waals surface area contributed by atoms with Crippen molar-refractivity contribution in [3.05, 3.63) is 29.3 Å². The number of hydrogen-bond donors (Lipinski definition) is 3. The SMILES string of the molecule is CNC(C)C(C)NC(=O)c1ccc2c(c1)B(O)OC2. The Morgan fingerprint density at radius 1 is 1.42 bits per heavy atom. The third kappa shape index (κ3) is 2.97. The summed E-state index contributed by atoms with van der Waals surface area (Å²) >= 11 is 0.